The van der Waals surface area contributed by atoms with Crippen LogP contribution in [0.2, 0.25) is 0 Å². The zero-order valence-corrected chi connectivity index (χ0v) is 8.64. The molecule has 0 amide bonds. The first-order valence-electron chi connectivity index (χ1n) is 5.24. The number of pyridine rings is 1. The third-order valence-electron chi connectivity index (χ3n) is 2.96. The minimum atomic E-state index is 0.0279. The molecular formula is C11H13N3O. The molecule has 0 radical (unpaired) electrons. The van der Waals surface area contributed by atoms with Crippen molar-refractivity contribution >= 4 is 10.9 Å². The lowest BCUT2D eigenvalue weighted by atomic mass is 10.2. The van der Waals surface area contributed by atoms with Crippen LogP contribution in [0.15, 0.2) is 12.4 Å². The van der Waals surface area contributed by atoms with Gasteiger partial charge in [0, 0.05) is 17.1 Å². The van der Waals surface area contributed by atoms with E-state index in [0.29, 0.717) is 6.04 Å². The van der Waals surface area contributed by atoms with Gasteiger partial charge in [-0.05, 0) is 19.8 Å². The Morgan fingerprint density at radius 1 is 1.47 bits per heavy atom. The minimum absolute atomic E-state index is 0.0279. The molecule has 0 saturated heterocycles. The summed E-state index contributed by atoms with van der Waals surface area (Å²) in [7, 11) is 0. The van der Waals surface area contributed by atoms with Gasteiger partial charge in [0.05, 0.1) is 30.1 Å². The van der Waals surface area contributed by atoms with Crippen molar-refractivity contribution in [2.45, 2.75) is 32.4 Å². The summed E-state index contributed by atoms with van der Waals surface area (Å²) in [4.78, 5) is 4.30. The number of aryl methyl sites for hydroxylation is 1. The third-order valence-corrected chi connectivity index (χ3v) is 2.96. The Morgan fingerprint density at radius 2 is 2.27 bits per heavy atom. The van der Waals surface area contributed by atoms with Crippen LogP contribution in [0.25, 0.3) is 10.9 Å². The van der Waals surface area contributed by atoms with Gasteiger partial charge in [0.1, 0.15) is 0 Å². The predicted octanol–water partition coefficient (Wildman–Crippen LogP) is 1.57. The zero-order valence-electron chi connectivity index (χ0n) is 8.64. The molecule has 78 valence electrons. The van der Waals surface area contributed by atoms with Crippen molar-refractivity contribution in [2.75, 3.05) is 0 Å². The van der Waals surface area contributed by atoms with Crippen LogP contribution in [-0.2, 0) is 6.61 Å². The Balaban J connectivity index is 2.31. The van der Waals surface area contributed by atoms with Crippen molar-refractivity contribution in [2.24, 2.45) is 0 Å². The number of hydrogen-bond donors (Lipinski definition) is 1. The largest absolute Gasteiger partial charge is 0.392 e. The van der Waals surface area contributed by atoms with Gasteiger partial charge in [0.15, 0.2) is 0 Å². The van der Waals surface area contributed by atoms with Crippen LogP contribution in [-0.4, -0.2) is 19.9 Å². The van der Waals surface area contributed by atoms with Gasteiger partial charge in [-0.25, -0.2) is 0 Å². The maximum atomic E-state index is 9.21. The lowest BCUT2D eigenvalue weighted by Crippen LogP contribution is -1.99. The number of nitrogens with zero attached hydrogens (tertiary/aromatic N) is 3. The van der Waals surface area contributed by atoms with Crippen molar-refractivity contribution in [3.05, 3.63) is 23.7 Å². The second kappa shape index (κ2) is 3.03. The summed E-state index contributed by atoms with van der Waals surface area (Å²) in [5, 5.41) is 14.6. The molecule has 0 atom stereocenters. The Kier molecular flexibility index (Phi) is 1.79. The van der Waals surface area contributed by atoms with Gasteiger partial charge in [0.2, 0.25) is 0 Å². The second-order valence-corrected chi connectivity index (χ2v) is 4.11. The first-order chi connectivity index (χ1) is 7.31. The Bertz CT molecular complexity index is 514. The van der Waals surface area contributed by atoms with Crippen LogP contribution in [0.5, 0.6) is 0 Å². The van der Waals surface area contributed by atoms with E-state index in [1.165, 1.54) is 12.8 Å². The first kappa shape index (κ1) is 8.85. The molecule has 0 unspecified atom stereocenters. The highest BCUT2D eigenvalue weighted by Gasteiger charge is 2.27. The average Bonchev–Trinajstić information content (AvgIpc) is 2.99. The summed E-state index contributed by atoms with van der Waals surface area (Å²) in [5.74, 6) is 0. The topological polar surface area (TPSA) is 50.9 Å². The van der Waals surface area contributed by atoms with Crippen molar-refractivity contribution in [3.63, 3.8) is 0 Å². The van der Waals surface area contributed by atoms with Gasteiger partial charge >= 0.3 is 0 Å². The number of fused-ring (bicyclic) bond motifs is 1. The highest BCUT2D eigenvalue weighted by atomic mass is 16.3. The Hall–Kier alpha value is -1.42. The maximum Gasteiger partial charge on any atom is 0.0901 e. The van der Waals surface area contributed by atoms with Crippen LogP contribution in [0.1, 0.15) is 30.1 Å². The molecule has 4 nitrogen and oxygen atoms in total. The monoisotopic (exact) mass is 203 g/mol. The standard InChI is InChI=1S/C11H13N3O/c1-7-11-10(8(6-15)4-12-7)5-13-14(11)9-2-3-9/h4-5,9,15H,2-3,6H2,1H3. The Morgan fingerprint density at radius 3 is 2.93 bits per heavy atom. The number of aromatic nitrogens is 3. The lowest BCUT2D eigenvalue weighted by molar-refractivity contribution is 0.283. The normalized spacial score (nSPS) is 16.1. The van der Waals surface area contributed by atoms with E-state index in [0.717, 1.165) is 22.2 Å². The van der Waals surface area contributed by atoms with Crippen LogP contribution in [0.3, 0.4) is 0 Å². The van der Waals surface area contributed by atoms with Gasteiger partial charge in [-0.15, -0.1) is 0 Å². The summed E-state index contributed by atoms with van der Waals surface area (Å²) < 4.78 is 2.05. The van der Waals surface area contributed by atoms with Crippen LogP contribution < -0.4 is 0 Å². The predicted molar refractivity (Wildman–Crippen MR) is 56.5 cm³/mol. The fourth-order valence-corrected chi connectivity index (χ4v) is 1.99. The molecule has 1 aliphatic carbocycles. The van der Waals surface area contributed by atoms with Crippen molar-refractivity contribution < 1.29 is 5.11 Å². The van der Waals surface area contributed by atoms with Gasteiger partial charge in [0.25, 0.3) is 0 Å². The molecule has 0 aromatic carbocycles. The average molecular weight is 203 g/mol. The van der Waals surface area contributed by atoms with E-state index < -0.39 is 0 Å². The van der Waals surface area contributed by atoms with E-state index in [1.54, 1.807) is 6.20 Å². The summed E-state index contributed by atoms with van der Waals surface area (Å²) in [6, 6.07) is 0.553. The van der Waals surface area contributed by atoms with Crippen molar-refractivity contribution in [1.82, 2.24) is 14.8 Å². The number of aliphatic hydroxyl groups is 1. The smallest absolute Gasteiger partial charge is 0.0901 e. The van der Waals surface area contributed by atoms with E-state index in [9.17, 15) is 5.11 Å². The molecule has 1 N–H and O–H groups in total. The SMILES string of the molecule is Cc1ncc(CO)c2cnn(C3CC3)c12. The molecule has 0 bridgehead atoms. The van der Waals surface area contributed by atoms with Crippen LogP contribution in [0.4, 0.5) is 0 Å². The number of aliphatic hydroxyl groups excluding tert-OH is 1. The minimum Gasteiger partial charge on any atom is -0.392 e. The molecule has 3 rings (SSSR count). The first-order valence-corrected chi connectivity index (χ1v) is 5.24. The van der Waals surface area contributed by atoms with Gasteiger partial charge in [-0.3, -0.25) is 9.67 Å². The molecule has 15 heavy (non-hydrogen) atoms. The number of hydrogen-bond acceptors (Lipinski definition) is 3. The molecule has 2 aromatic rings. The summed E-state index contributed by atoms with van der Waals surface area (Å²) >= 11 is 0. The lowest BCUT2D eigenvalue weighted by Gasteiger charge is -2.04. The van der Waals surface area contributed by atoms with E-state index in [-0.39, 0.29) is 6.61 Å². The zero-order chi connectivity index (χ0) is 10.4. The summed E-state index contributed by atoms with van der Waals surface area (Å²) in [6.45, 7) is 2.02. The molecule has 1 saturated carbocycles. The number of rotatable bonds is 2. The van der Waals surface area contributed by atoms with E-state index in [4.69, 9.17) is 0 Å². The van der Waals surface area contributed by atoms with Crippen molar-refractivity contribution in [1.29, 1.82) is 0 Å². The second-order valence-electron chi connectivity index (χ2n) is 4.11. The fourth-order valence-electron chi connectivity index (χ4n) is 1.99. The molecule has 0 aliphatic heterocycles. The maximum absolute atomic E-state index is 9.21. The molecule has 4 heteroatoms. The van der Waals surface area contributed by atoms with Crippen LogP contribution >= 0.6 is 0 Å². The molecule has 2 heterocycles. The highest BCUT2D eigenvalue weighted by Crippen LogP contribution is 2.37. The van der Waals surface area contributed by atoms with E-state index in [1.807, 2.05) is 13.1 Å². The molecule has 1 fully saturated rings. The van der Waals surface area contributed by atoms with Gasteiger partial charge < -0.3 is 5.11 Å². The highest BCUT2D eigenvalue weighted by molar-refractivity contribution is 5.83. The molecular weight excluding hydrogens is 190 g/mol. The Labute approximate surface area is 87.6 Å². The third kappa shape index (κ3) is 1.25. The van der Waals surface area contributed by atoms with E-state index >= 15 is 0 Å². The quantitative estimate of drug-likeness (QED) is 0.806. The summed E-state index contributed by atoms with van der Waals surface area (Å²) in [5.41, 5.74) is 2.94. The van der Waals surface area contributed by atoms with Crippen molar-refractivity contribution in [3.8, 4) is 0 Å². The summed E-state index contributed by atoms with van der Waals surface area (Å²) in [6.07, 6.45) is 5.99. The molecule has 1 aliphatic rings. The molecule has 0 spiro atoms. The van der Waals surface area contributed by atoms with Gasteiger partial charge in [-0.2, -0.15) is 5.10 Å². The van der Waals surface area contributed by atoms with Gasteiger partial charge in [-0.1, -0.05) is 0 Å². The fraction of sp³-hybridized carbons (Fsp3) is 0.455. The van der Waals surface area contributed by atoms with Crippen LogP contribution in [0, 0.1) is 6.92 Å². The van der Waals surface area contributed by atoms with E-state index in [2.05, 4.69) is 14.8 Å². The molecule has 2 aromatic heterocycles.